The predicted octanol–water partition coefficient (Wildman–Crippen LogP) is 2.73. The van der Waals surface area contributed by atoms with Gasteiger partial charge in [0.1, 0.15) is 6.10 Å². The molecule has 1 aromatic carbocycles. The van der Waals surface area contributed by atoms with Gasteiger partial charge < -0.3 is 9.84 Å². The van der Waals surface area contributed by atoms with Gasteiger partial charge in [0.15, 0.2) is 0 Å². The van der Waals surface area contributed by atoms with E-state index in [1.54, 1.807) is 12.1 Å². The van der Waals surface area contributed by atoms with Crippen molar-refractivity contribution in [1.82, 2.24) is 0 Å². The van der Waals surface area contributed by atoms with Crippen LogP contribution in [0.1, 0.15) is 46.4 Å². The van der Waals surface area contributed by atoms with Crippen LogP contribution in [0.2, 0.25) is 0 Å². The van der Waals surface area contributed by atoms with E-state index >= 15 is 0 Å². The molecule has 100 valence electrons. The predicted molar refractivity (Wildman–Crippen MR) is 68.1 cm³/mol. The summed E-state index contributed by atoms with van der Waals surface area (Å²) in [6, 6.07) is 6.21. The third-order valence-corrected chi connectivity index (χ3v) is 4.31. The first-order valence-electron chi connectivity index (χ1n) is 6.68. The average Bonchev–Trinajstić information content (AvgIpc) is 3.01. The van der Waals surface area contributed by atoms with Crippen molar-refractivity contribution in [3.63, 3.8) is 0 Å². The van der Waals surface area contributed by atoms with Crippen molar-refractivity contribution in [3.8, 4) is 0 Å². The Morgan fingerprint density at radius 1 is 1.11 bits per heavy atom. The molecular formula is C15H16O4. The minimum Gasteiger partial charge on any atom is -0.478 e. The van der Waals surface area contributed by atoms with Crippen LogP contribution in [0.5, 0.6) is 0 Å². The van der Waals surface area contributed by atoms with Gasteiger partial charge in [0.25, 0.3) is 0 Å². The highest BCUT2D eigenvalue weighted by Crippen LogP contribution is 2.46. The summed E-state index contributed by atoms with van der Waals surface area (Å²) < 4.78 is 5.52. The number of fused-ring (bicyclic) bond motifs is 2. The Balaban J connectivity index is 1.76. The minimum atomic E-state index is -1.10. The smallest absolute Gasteiger partial charge is 0.339 e. The Kier molecular flexibility index (Phi) is 3.01. The number of carboxylic acid groups (broad SMARTS) is 1. The maximum Gasteiger partial charge on any atom is 0.339 e. The van der Waals surface area contributed by atoms with Gasteiger partial charge in [-0.05, 0) is 49.7 Å². The maximum absolute atomic E-state index is 12.1. The number of ether oxygens (including phenoxy) is 1. The first kappa shape index (κ1) is 12.2. The number of benzene rings is 1. The van der Waals surface area contributed by atoms with E-state index < -0.39 is 11.9 Å². The highest BCUT2D eigenvalue weighted by molar-refractivity contribution is 6.02. The number of carboxylic acids is 1. The number of carbonyl (C=O) groups excluding carboxylic acids is 1. The molecule has 0 radical (unpaired) electrons. The topological polar surface area (TPSA) is 63.6 Å². The van der Waals surface area contributed by atoms with E-state index in [4.69, 9.17) is 9.84 Å². The highest BCUT2D eigenvalue weighted by Gasteiger charge is 2.42. The Morgan fingerprint density at radius 3 is 2.42 bits per heavy atom. The van der Waals surface area contributed by atoms with Crippen LogP contribution >= 0.6 is 0 Å². The Hall–Kier alpha value is -1.84. The van der Waals surface area contributed by atoms with E-state index in [2.05, 4.69) is 0 Å². The summed E-state index contributed by atoms with van der Waals surface area (Å²) in [6.45, 7) is 0. The number of rotatable bonds is 3. The van der Waals surface area contributed by atoms with Crippen molar-refractivity contribution in [3.05, 3.63) is 35.4 Å². The van der Waals surface area contributed by atoms with Crippen molar-refractivity contribution in [1.29, 1.82) is 0 Å². The zero-order valence-corrected chi connectivity index (χ0v) is 10.5. The van der Waals surface area contributed by atoms with Gasteiger partial charge in [-0.25, -0.2) is 9.59 Å². The van der Waals surface area contributed by atoms with Crippen molar-refractivity contribution >= 4 is 11.9 Å². The first-order valence-corrected chi connectivity index (χ1v) is 6.68. The molecule has 0 aliphatic heterocycles. The monoisotopic (exact) mass is 260 g/mol. The van der Waals surface area contributed by atoms with E-state index in [9.17, 15) is 9.59 Å². The number of carbonyl (C=O) groups is 2. The van der Waals surface area contributed by atoms with Crippen LogP contribution in [0.3, 0.4) is 0 Å². The quantitative estimate of drug-likeness (QED) is 0.849. The Morgan fingerprint density at radius 2 is 1.84 bits per heavy atom. The molecule has 2 bridgehead atoms. The van der Waals surface area contributed by atoms with Crippen LogP contribution in [0, 0.1) is 11.8 Å². The molecule has 4 nitrogen and oxygen atoms in total. The lowest BCUT2D eigenvalue weighted by atomic mass is 9.97. The molecule has 0 amide bonds. The molecule has 0 spiro atoms. The van der Waals surface area contributed by atoms with Crippen molar-refractivity contribution in [2.75, 3.05) is 0 Å². The lowest BCUT2D eigenvalue weighted by Gasteiger charge is -2.22. The fourth-order valence-corrected chi connectivity index (χ4v) is 3.38. The number of hydrogen-bond donors (Lipinski definition) is 1. The molecule has 4 heteroatoms. The summed E-state index contributed by atoms with van der Waals surface area (Å²) in [5.74, 6) is -0.431. The van der Waals surface area contributed by atoms with Gasteiger partial charge in [-0.2, -0.15) is 0 Å². The van der Waals surface area contributed by atoms with Gasteiger partial charge in [0.05, 0.1) is 11.1 Å². The standard InChI is InChI=1S/C15H16O4/c16-14(17)11-3-1-2-4-12(11)15(18)19-13-8-9-5-6-10(13)7-9/h1-4,9-10,13H,5-8H2,(H,16,17)/t9-,10-,13+/m0/s1. The maximum atomic E-state index is 12.1. The molecule has 2 fully saturated rings. The van der Waals surface area contributed by atoms with E-state index in [0.717, 1.165) is 19.3 Å². The second kappa shape index (κ2) is 4.68. The number of hydrogen-bond acceptors (Lipinski definition) is 3. The zero-order chi connectivity index (χ0) is 13.4. The third kappa shape index (κ3) is 2.23. The van der Waals surface area contributed by atoms with Crippen LogP contribution in [0.4, 0.5) is 0 Å². The largest absolute Gasteiger partial charge is 0.478 e. The van der Waals surface area contributed by atoms with E-state index in [1.165, 1.54) is 18.6 Å². The van der Waals surface area contributed by atoms with Gasteiger partial charge in [0.2, 0.25) is 0 Å². The second-order valence-electron chi connectivity index (χ2n) is 5.47. The SMILES string of the molecule is O=C(O)c1ccccc1C(=O)O[C@@H]1C[C@H]2CC[C@H]1C2. The van der Waals surface area contributed by atoms with Gasteiger partial charge >= 0.3 is 11.9 Å². The molecule has 2 aliphatic carbocycles. The Bertz CT molecular complexity index is 523. The second-order valence-corrected chi connectivity index (χ2v) is 5.47. The van der Waals surface area contributed by atoms with Crippen LogP contribution < -0.4 is 0 Å². The minimum absolute atomic E-state index is 0.00987. The summed E-state index contributed by atoms with van der Waals surface area (Å²) in [5, 5.41) is 9.07. The van der Waals surface area contributed by atoms with Crippen molar-refractivity contribution in [2.24, 2.45) is 11.8 Å². The Labute approximate surface area is 111 Å². The molecule has 0 unspecified atom stereocenters. The zero-order valence-electron chi connectivity index (χ0n) is 10.5. The van der Waals surface area contributed by atoms with Crippen LogP contribution in [-0.4, -0.2) is 23.1 Å². The van der Waals surface area contributed by atoms with Gasteiger partial charge in [0, 0.05) is 0 Å². The lowest BCUT2D eigenvalue weighted by Crippen LogP contribution is -2.25. The molecular weight excluding hydrogens is 244 g/mol. The first-order chi connectivity index (χ1) is 9.15. The van der Waals surface area contributed by atoms with E-state index in [1.807, 2.05) is 0 Å². The number of esters is 1. The number of aromatic carboxylic acids is 1. The molecule has 0 saturated heterocycles. The molecule has 1 aromatic rings. The van der Waals surface area contributed by atoms with Crippen LogP contribution in [0.25, 0.3) is 0 Å². The third-order valence-electron chi connectivity index (χ3n) is 4.31. The van der Waals surface area contributed by atoms with Crippen LogP contribution in [-0.2, 0) is 4.74 Å². The van der Waals surface area contributed by atoms with Crippen molar-refractivity contribution in [2.45, 2.75) is 31.8 Å². The fourth-order valence-electron chi connectivity index (χ4n) is 3.38. The van der Waals surface area contributed by atoms with Gasteiger partial charge in [-0.1, -0.05) is 12.1 Å². The molecule has 3 rings (SSSR count). The normalized spacial score (nSPS) is 28.3. The molecule has 0 aromatic heterocycles. The van der Waals surface area contributed by atoms with Crippen LogP contribution in [0.15, 0.2) is 24.3 Å². The average molecular weight is 260 g/mol. The van der Waals surface area contributed by atoms with Gasteiger partial charge in [-0.3, -0.25) is 0 Å². The molecule has 0 heterocycles. The summed E-state index contributed by atoms with van der Waals surface area (Å²) in [4.78, 5) is 23.2. The lowest BCUT2D eigenvalue weighted by molar-refractivity contribution is 0.0154. The molecule has 2 saturated carbocycles. The summed E-state index contributed by atoms with van der Waals surface area (Å²) in [6.07, 6.45) is 4.44. The molecule has 19 heavy (non-hydrogen) atoms. The van der Waals surface area contributed by atoms with E-state index in [0.29, 0.717) is 11.8 Å². The van der Waals surface area contributed by atoms with Crippen molar-refractivity contribution < 1.29 is 19.4 Å². The van der Waals surface area contributed by atoms with E-state index in [-0.39, 0.29) is 17.2 Å². The summed E-state index contributed by atoms with van der Waals surface area (Å²) in [7, 11) is 0. The molecule has 3 atom stereocenters. The molecule has 2 aliphatic rings. The fraction of sp³-hybridized carbons (Fsp3) is 0.467. The summed E-state index contributed by atoms with van der Waals surface area (Å²) >= 11 is 0. The highest BCUT2D eigenvalue weighted by atomic mass is 16.5. The summed E-state index contributed by atoms with van der Waals surface area (Å²) in [5.41, 5.74) is 0.161. The van der Waals surface area contributed by atoms with Gasteiger partial charge in [-0.15, -0.1) is 0 Å². The molecule has 1 N–H and O–H groups in total.